The molecular formula is C23H27ClN4O2. The summed E-state index contributed by atoms with van der Waals surface area (Å²) in [5, 5.41) is 0.483. The average Bonchev–Trinajstić information content (AvgIpc) is 2.79. The fourth-order valence-electron chi connectivity index (χ4n) is 4.06. The Balaban J connectivity index is 1.39. The van der Waals surface area contributed by atoms with Crippen LogP contribution in [0.5, 0.6) is 0 Å². The third-order valence-corrected chi connectivity index (χ3v) is 6.16. The summed E-state index contributed by atoms with van der Waals surface area (Å²) >= 11 is 6.50. The van der Waals surface area contributed by atoms with E-state index in [1.807, 2.05) is 41.0 Å². The molecular weight excluding hydrogens is 400 g/mol. The van der Waals surface area contributed by atoms with Crippen LogP contribution >= 0.6 is 11.6 Å². The molecule has 6 nitrogen and oxygen atoms in total. The lowest BCUT2D eigenvalue weighted by molar-refractivity contribution is 0.0721. The average molecular weight is 427 g/mol. The lowest BCUT2D eigenvalue weighted by atomic mass is 10.1. The number of hydrogen-bond acceptors (Lipinski definition) is 4. The van der Waals surface area contributed by atoms with Crippen LogP contribution in [0.15, 0.2) is 36.5 Å². The molecule has 30 heavy (non-hydrogen) atoms. The van der Waals surface area contributed by atoms with Crippen molar-refractivity contribution in [2.75, 3.05) is 44.2 Å². The summed E-state index contributed by atoms with van der Waals surface area (Å²) < 4.78 is 0. The van der Waals surface area contributed by atoms with Crippen molar-refractivity contribution in [1.29, 1.82) is 0 Å². The van der Waals surface area contributed by atoms with Gasteiger partial charge in [0, 0.05) is 51.0 Å². The zero-order valence-corrected chi connectivity index (χ0v) is 18.1. The van der Waals surface area contributed by atoms with Gasteiger partial charge in [-0.25, -0.2) is 4.98 Å². The molecule has 0 aliphatic carbocycles. The highest BCUT2D eigenvalue weighted by Gasteiger charge is 2.25. The van der Waals surface area contributed by atoms with Crippen LogP contribution in [0.4, 0.5) is 5.82 Å². The van der Waals surface area contributed by atoms with Crippen molar-refractivity contribution in [2.24, 2.45) is 0 Å². The van der Waals surface area contributed by atoms with Crippen LogP contribution in [-0.2, 0) is 0 Å². The fourth-order valence-corrected chi connectivity index (χ4v) is 4.35. The summed E-state index contributed by atoms with van der Waals surface area (Å²) in [4.78, 5) is 35.7. The number of carbonyl (C=O) groups is 2. The number of piperidine rings is 1. The maximum atomic E-state index is 12.7. The number of amides is 2. The van der Waals surface area contributed by atoms with Crippen LogP contribution in [0.3, 0.4) is 0 Å². The predicted molar refractivity (Wildman–Crippen MR) is 118 cm³/mol. The predicted octanol–water partition coefficient (Wildman–Crippen LogP) is 3.63. The van der Waals surface area contributed by atoms with Gasteiger partial charge in [-0.3, -0.25) is 9.59 Å². The molecule has 0 atom stereocenters. The van der Waals surface area contributed by atoms with Crippen LogP contribution in [0.1, 0.15) is 45.5 Å². The Morgan fingerprint density at radius 2 is 1.43 bits per heavy atom. The normalized spacial score (nSPS) is 17.2. The molecule has 0 unspecified atom stereocenters. The van der Waals surface area contributed by atoms with Crippen molar-refractivity contribution in [3.63, 3.8) is 0 Å². The lowest BCUT2D eigenvalue weighted by Gasteiger charge is -2.36. The number of piperazine rings is 1. The van der Waals surface area contributed by atoms with Gasteiger partial charge in [-0.05, 0) is 44.4 Å². The molecule has 2 saturated heterocycles. The van der Waals surface area contributed by atoms with E-state index in [9.17, 15) is 9.59 Å². The van der Waals surface area contributed by atoms with E-state index in [1.54, 1.807) is 12.3 Å². The largest absolute Gasteiger partial charge is 0.352 e. The highest BCUT2D eigenvalue weighted by molar-refractivity contribution is 6.33. The zero-order valence-electron chi connectivity index (χ0n) is 17.3. The summed E-state index contributed by atoms with van der Waals surface area (Å²) in [6, 6.07) is 9.39. The molecule has 3 heterocycles. The molecule has 2 aliphatic heterocycles. The first-order valence-corrected chi connectivity index (χ1v) is 11.0. The molecule has 0 bridgehead atoms. The van der Waals surface area contributed by atoms with E-state index >= 15 is 0 Å². The van der Waals surface area contributed by atoms with Crippen molar-refractivity contribution in [2.45, 2.75) is 26.2 Å². The molecule has 7 heteroatoms. The summed E-state index contributed by atoms with van der Waals surface area (Å²) in [5.41, 5.74) is 2.39. The van der Waals surface area contributed by atoms with Crippen molar-refractivity contribution in [3.8, 4) is 0 Å². The quantitative estimate of drug-likeness (QED) is 0.752. The molecule has 2 fully saturated rings. The van der Waals surface area contributed by atoms with Gasteiger partial charge in [0.05, 0.1) is 10.6 Å². The summed E-state index contributed by atoms with van der Waals surface area (Å²) in [6.45, 7) is 6.14. The summed E-state index contributed by atoms with van der Waals surface area (Å²) in [6.07, 6.45) is 4.91. The Hall–Kier alpha value is -2.60. The van der Waals surface area contributed by atoms with Crippen LogP contribution in [0, 0.1) is 6.92 Å². The molecule has 0 radical (unpaired) electrons. The second kappa shape index (κ2) is 9.04. The maximum Gasteiger partial charge on any atom is 0.255 e. The van der Waals surface area contributed by atoms with Gasteiger partial charge < -0.3 is 14.7 Å². The van der Waals surface area contributed by atoms with E-state index in [2.05, 4.69) is 9.88 Å². The zero-order chi connectivity index (χ0) is 21.1. The number of benzene rings is 1. The van der Waals surface area contributed by atoms with Gasteiger partial charge in [-0.2, -0.15) is 0 Å². The number of hydrogen-bond donors (Lipinski definition) is 0. The topological polar surface area (TPSA) is 56.8 Å². The number of rotatable bonds is 3. The highest BCUT2D eigenvalue weighted by atomic mass is 35.5. The minimum absolute atomic E-state index is 0.00386. The van der Waals surface area contributed by atoms with Crippen LogP contribution in [-0.4, -0.2) is 65.9 Å². The van der Waals surface area contributed by atoms with Crippen LogP contribution in [0.25, 0.3) is 0 Å². The minimum atomic E-state index is 0.00386. The minimum Gasteiger partial charge on any atom is -0.352 e. The molecule has 1 aromatic carbocycles. The second-order valence-corrected chi connectivity index (χ2v) is 8.43. The standard InChI is InChI=1S/C23H27ClN4O2/c1-17-5-7-18(8-6-17)22(29)28-13-11-26(12-14-28)21-20(24)15-19(16-25-21)23(30)27-9-3-2-4-10-27/h5-8,15-16H,2-4,9-14H2,1H3. The van der Waals surface area contributed by atoms with Crippen LogP contribution < -0.4 is 4.90 Å². The van der Waals surface area contributed by atoms with Crippen molar-refractivity contribution >= 4 is 29.2 Å². The first kappa shape index (κ1) is 20.7. The SMILES string of the molecule is Cc1ccc(C(=O)N2CCN(c3ncc(C(=O)N4CCCCC4)cc3Cl)CC2)cc1. The second-order valence-electron chi connectivity index (χ2n) is 8.03. The number of pyridine rings is 1. The first-order valence-electron chi connectivity index (χ1n) is 10.6. The smallest absolute Gasteiger partial charge is 0.255 e. The Kier molecular flexibility index (Phi) is 6.23. The fraction of sp³-hybridized carbons (Fsp3) is 0.435. The van der Waals surface area contributed by atoms with E-state index < -0.39 is 0 Å². The van der Waals surface area contributed by atoms with Gasteiger partial charge in [0.1, 0.15) is 5.82 Å². The third kappa shape index (κ3) is 4.43. The molecule has 0 saturated carbocycles. The van der Waals surface area contributed by atoms with E-state index in [0.717, 1.165) is 31.5 Å². The molecule has 2 aromatic rings. The monoisotopic (exact) mass is 426 g/mol. The lowest BCUT2D eigenvalue weighted by Crippen LogP contribution is -2.49. The highest BCUT2D eigenvalue weighted by Crippen LogP contribution is 2.26. The van der Waals surface area contributed by atoms with Crippen molar-refractivity contribution in [1.82, 2.24) is 14.8 Å². The first-order chi connectivity index (χ1) is 14.5. The van der Waals surface area contributed by atoms with Gasteiger partial charge in [0.2, 0.25) is 0 Å². The number of nitrogens with zero attached hydrogens (tertiary/aromatic N) is 4. The molecule has 2 amide bonds. The van der Waals surface area contributed by atoms with Gasteiger partial charge in [-0.15, -0.1) is 0 Å². The Morgan fingerprint density at radius 1 is 0.833 bits per heavy atom. The molecule has 1 aromatic heterocycles. The number of halogens is 1. The van der Waals surface area contributed by atoms with Gasteiger partial charge in [0.25, 0.3) is 11.8 Å². The number of aromatic nitrogens is 1. The van der Waals surface area contributed by atoms with E-state index in [-0.39, 0.29) is 11.8 Å². The molecule has 4 rings (SSSR count). The van der Waals surface area contributed by atoms with Crippen LogP contribution in [0.2, 0.25) is 5.02 Å². The summed E-state index contributed by atoms with van der Waals surface area (Å²) in [5.74, 6) is 0.731. The Morgan fingerprint density at radius 3 is 2.07 bits per heavy atom. The van der Waals surface area contributed by atoms with E-state index in [1.165, 1.54) is 6.42 Å². The maximum absolute atomic E-state index is 12.7. The summed E-state index contributed by atoms with van der Waals surface area (Å²) in [7, 11) is 0. The van der Waals surface area contributed by atoms with Gasteiger partial charge in [-0.1, -0.05) is 29.3 Å². The molecule has 158 valence electrons. The molecule has 2 aliphatic rings. The molecule has 0 spiro atoms. The van der Waals surface area contributed by atoms with Crippen molar-refractivity contribution < 1.29 is 9.59 Å². The number of anilines is 1. The Bertz CT molecular complexity index is 917. The van der Waals surface area contributed by atoms with Gasteiger partial charge >= 0.3 is 0 Å². The van der Waals surface area contributed by atoms with Crippen molar-refractivity contribution in [3.05, 3.63) is 58.2 Å². The molecule has 0 N–H and O–H groups in total. The van der Waals surface area contributed by atoms with E-state index in [4.69, 9.17) is 11.6 Å². The third-order valence-electron chi connectivity index (χ3n) is 5.88. The van der Waals surface area contributed by atoms with E-state index in [0.29, 0.717) is 48.1 Å². The Labute approximate surface area is 182 Å². The number of likely N-dealkylation sites (tertiary alicyclic amines) is 1. The number of aryl methyl sites for hydroxylation is 1. The number of carbonyl (C=O) groups excluding carboxylic acids is 2. The van der Waals surface area contributed by atoms with Gasteiger partial charge in [0.15, 0.2) is 0 Å².